The Morgan fingerprint density at radius 2 is 0.827 bits per heavy atom. The Balaban J connectivity index is 1.10. The lowest BCUT2D eigenvalue weighted by Gasteiger charge is -2.11. The Morgan fingerprint density at radius 3 is 1.40 bits per heavy atom. The Kier molecular flexibility index (Phi) is 5.44. The summed E-state index contributed by atoms with van der Waals surface area (Å²) in [6.07, 6.45) is 3.67. The van der Waals surface area contributed by atoms with Gasteiger partial charge in [-0.1, -0.05) is 84.9 Å². The lowest BCUT2D eigenvalue weighted by atomic mass is 10.1. The van der Waals surface area contributed by atoms with Crippen LogP contribution in [0.5, 0.6) is 0 Å². The molecule has 242 valence electrons. The van der Waals surface area contributed by atoms with Crippen LogP contribution in [0.4, 0.5) is 0 Å². The summed E-state index contributed by atoms with van der Waals surface area (Å²) < 4.78 is 13.7. The topological polar surface area (TPSA) is 40.8 Å². The maximum atomic E-state index is 6.50. The molecule has 7 aromatic carbocycles. The molecule has 0 atom stereocenters. The van der Waals surface area contributed by atoms with Crippen molar-refractivity contribution in [2.45, 2.75) is 0 Å². The SMILES string of the molecule is c1cc(-n2c3ccccc3c3cc(-n4c5ccccc5c5cc(-n6c7ccccc7c7ccccc76)ccc54)ccc32)c2oc3ccncc3c2c1. The van der Waals surface area contributed by atoms with Crippen LogP contribution in [0, 0.1) is 0 Å². The normalized spacial score (nSPS) is 12.2. The largest absolute Gasteiger partial charge is 0.454 e. The first kappa shape index (κ1) is 27.7. The Hall–Kier alpha value is -7.11. The second-order valence-corrected chi connectivity index (χ2v) is 13.6. The molecule has 0 saturated heterocycles. The van der Waals surface area contributed by atoms with Crippen molar-refractivity contribution in [3.8, 4) is 17.1 Å². The molecule has 0 N–H and O–H groups in total. The smallest absolute Gasteiger partial charge is 0.159 e. The van der Waals surface area contributed by atoms with E-state index in [1.54, 1.807) is 6.20 Å². The van der Waals surface area contributed by atoms with Crippen LogP contribution in [-0.4, -0.2) is 18.7 Å². The average molecular weight is 665 g/mol. The van der Waals surface area contributed by atoms with Gasteiger partial charge in [-0.2, -0.15) is 0 Å². The lowest BCUT2D eigenvalue weighted by Crippen LogP contribution is -1.97. The van der Waals surface area contributed by atoms with E-state index in [4.69, 9.17) is 4.42 Å². The number of para-hydroxylation sites is 5. The molecule has 52 heavy (non-hydrogen) atoms. The fourth-order valence-corrected chi connectivity index (χ4v) is 8.74. The van der Waals surface area contributed by atoms with E-state index < -0.39 is 0 Å². The third-order valence-electron chi connectivity index (χ3n) is 10.9. The fourth-order valence-electron chi connectivity index (χ4n) is 8.74. The summed E-state index contributed by atoms with van der Waals surface area (Å²) in [5.74, 6) is 0. The molecule has 0 fully saturated rings. The van der Waals surface area contributed by atoms with E-state index in [2.05, 4.69) is 170 Å². The highest BCUT2D eigenvalue weighted by Crippen LogP contribution is 2.41. The molecule has 0 aliphatic carbocycles. The number of benzene rings is 7. The molecule has 0 aliphatic heterocycles. The minimum Gasteiger partial charge on any atom is -0.454 e. The van der Waals surface area contributed by atoms with E-state index in [9.17, 15) is 0 Å². The van der Waals surface area contributed by atoms with E-state index in [-0.39, 0.29) is 0 Å². The monoisotopic (exact) mass is 664 g/mol. The van der Waals surface area contributed by atoms with Gasteiger partial charge in [-0.25, -0.2) is 0 Å². The summed E-state index contributed by atoms with van der Waals surface area (Å²) in [7, 11) is 0. The molecule has 0 amide bonds. The molecular formula is C47H28N4O. The van der Waals surface area contributed by atoms with Crippen molar-refractivity contribution in [2.75, 3.05) is 0 Å². The van der Waals surface area contributed by atoms with Gasteiger partial charge in [0.05, 0.1) is 38.8 Å². The summed E-state index contributed by atoms with van der Waals surface area (Å²) in [5.41, 5.74) is 12.0. The summed E-state index contributed by atoms with van der Waals surface area (Å²) in [6.45, 7) is 0. The number of hydrogen-bond donors (Lipinski definition) is 0. The fraction of sp³-hybridized carbons (Fsp3) is 0. The second kappa shape index (κ2) is 10.2. The van der Waals surface area contributed by atoms with Gasteiger partial charge in [-0.15, -0.1) is 0 Å². The molecule has 0 unspecified atom stereocenters. The maximum absolute atomic E-state index is 6.50. The van der Waals surface area contributed by atoms with Crippen molar-refractivity contribution in [2.24, 2.45) is 0 Å². The molecule has 5 aromatic heterocycles. The van der Waals surface area contributed by atoms with E-state index in [1.165, 1.54) is 54.4 Å². The third kappa shape index (κ3) is 3.64. The van der Waals surface area contributed by atoms with Crippen molar-refractivity contribution in [3.63, 3.8) is 0 Å². The van der Waals surface area contributed by atoms with Crippen LogP contribution in [0.3, 0.4) is 0 Å². The number of hydrogen-bond acceptors (Lipinski definition) is 2. The van der Waals surface area contributed by atoms with Crippen LogP contribution in [0.25, 0.3) is 104 Å². The van der Waals surface area contributed by atoms with E-state index >= 15 is 0 Å². The van der Waals surface area contributed by atoms with Gasteiger partial charge in [0.2, 0.25) is 0 Å². The van der Waals surface area contributed by atoms with Crippen LogP contribution < -0.4 is 0 Å². The molecule has 0 saturated carbocycles. The molecule has 5 nitrogen and oxygen atoms in total. The second-order valence-electron chi connectivity index (χ2n) is 13.6. The highest BCUT2D eigenvalue weighted by molar-refractivity contribution is 6.15. The Bertz CT molecular complexity index is 3370. The highest BCUT2D eigenvalue weighted by atomic mass is 16.3. The van der Waals surface area contributed by atoms with Crippen LogP contribution in [-0.2, 0) is 0 Å². The zero-order valence-electron chi connectivity index (χ0n) is 27.9. The van der Waals surface area contributed by atoms with E-state index in [0.29, 0.717) is 0 Å². The average Bonchev–Trinajstić information content (AvgIpc) is 3.94. The number of rotatable bonds is 3. The molecule has 12 rings (SSSR count). The minimum atomic E-state index is 0.841. The van der Waals surface area contributed by atoms with Gasteiger partial charge >= 0.3 is 0 Å². The number of aromatic nitrogens is 4. The van der Waals surface area contributed by atoms with Gasteiger partial charge < -0.3 is 18.1 Å². The summed E-state index contributed by atoms with van der Waals surface area (Å²) in [4.78, 5) is 4.38. The maximum Gasteiger partial charge on any atom is 0.159 e. The molecule has 0 radical (unpaired) electrons. The zero-order chi connectivity index (χ0) is 33.9. The van der Waals surface area contributed by atoms with Gasteiger partial charge in [0, 0.05) is 66.9 Å². The molecule has 0 aliphatic rings. The molecule has 12 aromatic rings. The van der Waals surface area contributed by atoms with Crippen molar-refractivity contribution < 1.29 is 4.42 Å². The standard InChI is InChI=1S/C47H28N4O/c1-5-15-39-31(10-1)32-11-2-6-16-40(32)49(39)29-20-22-43-36(26-29)33-12-3-7-17-41(33)50(43)30-21-23-44-37(27-30)34-13-4-8-18-42(34)51(44)45-19-9-14-35-38-28-48-25-24-46(38)52-47(35)45/h1-28H. The molecular weight excluding hydrogens is 637 g/mol. The van der Waals surface area contributed by atoms with Crippen LogP contribution in [0.2, 0.25) is 0 Å². The van der Waals surface area contributed by atoms with Crippen molar-refractivity contribution in [3.05, 3.63) is 170 Å². The summed E-state index contributed by atoms with van der Waals surface area (Å²) in [5, 5.41) is 9.46. The van der Waals surface area contributed by atoms with Gasteiger partial charge in [0.1, 0.15) is 5.58 Å². The highest BCUT2D eigenvalue weighted by Gasteiger charge is 2.20. The summed E-state index contributed by atoms with van der Waals surface area (Å²) in [6, 6.07) is 57.0. The van der Waals surface area contributed by atoms with Crippen molar-refractivity contribution >= 4 is 87.4 Å². The van der Waals surface area contributed by atoms with Crippen LogP contribution in [0.1, 0.15) is 0 Å². The van der Waals surface area contributed by atoms with Gasteiger partial charge in [-0.05, 0) is 72.8 Å². The number of furan rings is 1. The van der Waals surface area contributed by atoms with Gasteiger partial charge in [0.15, 0.2) is 5.58 Å². The molecule has 0 spiro atoms. The number of pyridine rings is 1. The van der Waals surface area contributed by atoms with Gasteiger partial charge in [-0.3, -0.25) is 4.98 Å². The quantitative estimate of drug-likeness (QED) is 0.189. The Morgan fingerprint density at radius 1 is 0.365 bits per heavy atom. The Labute approximate surface area is 296 Å². The van der Waals surface area contributed by atoms with Crippen LogP contribution in [0.15, 0.2) is 175 Å². The van der Waals surface area contributed by atoms with E-state index in [0.717, 1.165) is 50.0 Å². The lowest BCUT2D eigenvalue weighted by molar-refractivity contribution is 0.666. The first-order valence-corrected chi connectivity index (χ1v) is 17.6. The number of fused-ring (bicyclic) bond motifs is 12. The third-order valence-corrected chi connectivity index (χ3v) is 10.9. The molecule has 5 heteroatoms. The zero-order valence-corrected chi connectivity index (χ0v) is 27.9. The van der Waals surface area contributed by atoms with Crippen molar-refractivity contribution in [1.82, 2.24) is 18.7 Å². The van der Waals surface area contributed by atoms with Crippen molar-refractivity contribution in [1.29, 1.82) is 0 Å². The first-order valence-electron chi connectivity index (χ1n) is 17.6. The van der Waals surface area contributed by atoms with E-state index in [1.807, 2.05) is 12.3 Å². The predicted octanol–water partition coefficient (Wildman–Crippen LogP) is 12.3. The predicted molar refractivity (Wildman–Crippen MR) is 215 cm³/mol. The number of nitrogens with zero attached hydrogens (tertiary/aromatic N) is 4. The van der Waals surface area contributed by atoms with Crippen LogP contribution >= 0.6 is 0 Å². The first-order chi connectivity index (χ1) is 25.8. The van der Waals surface area contributed by atoms with Gasteiger partial charge in [0.25, 0.3) is 0 Å². The minimum absolute atomic E-state index is 0.841. The molecule has 0 bridgehead atoms. The summed E-state index contributed by atoms with van der Waals surface area (Å²) >= 11 is 0. The molecule has 5 heterocycles.